The Balaban J connectivity index is 1.66. The number of nitrogens with one attached hydrogen (secondary N) is 1. The summed E-state index contributed by atoms with van der Waals surface area (Å²) in [6.07, 6.45) is -4.71. The molecule has 0 radical (unpaired) electrons. The van der Waals surface area contributed by atoms with Crippen LogP contribution in [0.5, 0.6) is 0 Å². The highest BCUT2D eigenvalue weighted by Crippen LogP contribution is 2.59. The minimum atomic E-state index is -4.71. The summed E-state index contributed by atoms with van der Waals surface area (Å²) in [5.41, 5.74) is -1.75. The van der Waals surface area contributed by atoms with Gasteiger partial charge < -0.3 is 9.26 Å². The van der Waals surface area contributed by atoms with Crippen LogP contribution in [0.2, 0.25) is 0 Å². The standard InChI is InChI=1S/C23H23F3N2O5S2/c1-13-19(14-8-6-5-7-9-14)22(13,20(29)32-21(2,3)4)28-35(30,31)18-11-10-16(34-18)15-12-17(33-27-15)23(24,25)26/h5-13,19,28H,1-4H3/t13?,19-,22+/m1/s1. The minimum Gasteiger partial charge on any atom is -0.459 e. The molecule has 1 N–H and O–H groups in total. The van der Waals surface area contributed by atoms with E-state index in [0.29, 0.717) is 17.4 Å². The third kappa shape index (κ3) is 4.87. The number of nitrogens with zero attached hydrogens (tertiary/aromatic N) is 1. The highest BCUT2D eigenvalue weighted by atomic mass is 32.2. The summed E-state index contributed by atoms with van der Waals surface area (Å²) >= 11 is 0.716. The largest absolute Gasteiger partial charge is 0.459 e. The van der Waals surface area contributed by atoms with E-state index in [-0.39, 0.29) is 14.8 Å². The lowest BCUT2D eigenvalue weighted by atomic mass is 10.1. The van der Waals surface area contributed by atoms with Crippen molar-refractivity contribution in [2.24, 2.45) is 5.92 Å². The Hall–Kier alpha value is -2.70. The van der Waals surface area contributed by atoms with Crippen LogP contribution in [-0.4, -0.2) is 30.7 Å². The van der Waals surface area contributed by atoms with Crippen molar-refractivity contribution >= 4 is 27.3 Å². The van der Waals surface area contributed by atoms with E-state index in [1.165, 1.54) is 12.1 Å². The van der Waals surface area contributed by atoms with E-state index in [2.05, 4.69) is 14.4 Å². The lowest BCUT2D eigenvalue weighted by molar-refractivity contribution is -0.159. The van der Waals surface area contributed by atoms with Gasteiger partial charge in [0.15, 0.2) is 0 Å². The molecular weight excluding hydrogens is 505 g/mol. The van der Waals surface area contributed by atoms with Crippen molar-refractivity contribution < 1.29 is 35.6 Å². The number of carbonyl (C=O) groups excluding carboxylic acids is 1. The molecule has 1 saturated carbocycles. The molecule has 3 atom stereocenters. The summed E-state index contributed by atoms with van der Waals surface area (Å²) < 4.78 is 77.5. The quantitative estimate of drug-likeness (QED) is 0.441. The molecule has 12 heteroatoms. The fraction of sp³-hybridized carbons (Fsp3) is 0.391. The molecule has 1 aliphatic carbocycles. The average Bonchev–Trinajstić information content (AvgIpc) is 3.19. The molecule has 1 aliphatic rings. The summed E-state index contributed by atoms with van der Waals surface area (Å²) in [7, 11) is -4.25. The Bertz CT molecular complexity index is 1340. The molecule has 2 heterocycles. The third-order valence-electron chi connectivity index (χ3n) is 5.69. The van der Waals surface area contributed by atoms with Gasteiger partial charge in [-0.15, -0.1) is 11.3 Å². The third-order valence-corrected chi connectivity index (χ3v) is 8.77. The van der Waals surface area contributed by atoms with E-state index in [4.69, 9.17) is 4.74 Å². The normalized spacial score (nSPS) is 22.7. The first-order valence-electron chi connectivity index (χ1n) is 10.6. The maximum absolute atomic E-state index is 13.4. The summed E-state index contributed by atoms with van der Waals surface area (Å²) in [6.45, 7) is 6.83. The highest BCUT2D eigenvalue weighted by Gasteiger charge is 2.71. The van der Waals surface area contributed by atoms with E-state index in [1.807, 2.05) is 18.2 Å². The molecule has 35 heavy (non-hydrogen) atoms. The van der Waals surface area contributed by atoms with Crippen LogP contribution in [0, 0.1) is 5.92 Å². The van der Waals surface area contributed by atoms with Gasteiger partial charge in [-0.05, 0) is 44.4 Å². The molecule has 0 spiro atoms. The van der Waals surface area contributed by atoms with E-state index in [9.17, 15) is 26.4 Å². The molecule has 1 fully saturated rings. The average molecular weight is 529 g/mol. The summed E-state index contributed by atoms with van der Waals surface area (Å²) in [5.74, 6) is -2.85. The van der Waals surface area contributed by atoms with Gasteiger partial charge in [0.25, 0.3) is 10.0 Å². The van der Waals surface area contributed by atoms with E-state index in [0.717, 1.165) is 5.56 Å². The topological polar surface area (TPSA) is 98.5 Å². The predicted octanol–water partition coefficient (Wildman–Crippen LogP) is 5.21. The van der Waals surface area contributed by atoms with Gasteiger partial charge in [-0.1, -0.05) is 42.4 Å². The number of benzene rings is 1. The van der Waals surface area contributed by atoms with E-state index in [1.54, 1.807) is 39.8 Å². The molecule has 1 unspecified atom stereocenters. The number of hydrogen-bond donors (Lipinski definition) is 1. The molecule has 188 valence electrons. The Kier molecular flexibility index (Phi) is 6.13. The van der Waals surface area contributed by atoms with Crippen molar-refractivity contribution in [1.29, 1.82) is 0 Å². The molecule has 4 rings (SSSR count). The number of thiophene rings is 1. The van der Waals surface area contributed by atoms with Crippen LogP contribution < -0.4 is 4.72 Å². The molecular formula is C23H23F3N2O5S2. The second-order valence-electron chi connectivity index (χ2n) is 9.35. The first-order chi connectivity index (χ1) is 16.1. The second kappa shape index (κ2) is 8.45. The number of carbonyl (C=O) groups is 1. The maximum Gasteiger partial charge on any atom is 0.452 e. The van der Waals surface area contributed by atoms with Crippen LogP contribution in [0.3, 0.4) is 0 Å². The monoisotopic (exact) mass is 528 g/mol. The minimum absolute atomic E-state index is 0.146. The molecule has 0 saturated heterocycles. The number of ether oxygens (including phenoxy) is 1. The Morgan fingerprint density at radius 3 is 2.37 bits per heavy atom. The van der Waals surface area contributed by atoms with Crippen LogP contribution in [0.1, 0.15) is 44.9 Å². The molecule has 7 nitrogen and oxygen atoms in total. The molecule has 0 amide bonds. The summed E-state index contributed by atoms with van der Waals surface area (Å²) in [4.78, 5) is 13.5. The summed E-state index contributed by atoms with van der Waals surface area (Å²) in [6, 6.07) is 12.3. The van der Waals surface area contributed by atoms with Crippen LogP contribution in [0.25, 0.3) is 10.6 Å². The lowest BCUT2D eigenvalue weighted by Crippen LogP contribution is -2.48. The van der Waals surface area contributed by atoms with Crippen molar-refractivity contribution in [2.45, 2.75) is 55.1 Å². The lowest BCUT2D eigenvalue weighted by Gasteiger charge is -2.25. The summed E-state index contributed by atoms with van der Waals surface area (Å²) in [5, 5.41) is 3.39. The fourth-order valence-corrected chi connectivity index (χ4v) is 6.76. The predicted molar refractivity (Wildman–Crippen MR) is 122 cm³/mol. The molecule has 2 aromatic heterocycles. The molecule has 0 aliphatic heterocycles. The van der Waals surface area contributed by atoms with Gasteiger partial charge in [-0.3, -0.25) is 0 Å². The van der Waals surface area contributed by atoms with Gasteiger partial charge in [0.2, 0.25) is 5.76 Å². The first-order valence-corrected chi connectivity index (χ1v) is 12.9. The van der Waals surface area contributed by atoms with Crippen LogP contribution in [-0.2, 0) is 25.7 Å². The SMILES string of the molecule is CC1[C@H](c2ccccc2)[C@]1(NS(=O)(=O)c1ccc(-c2cc(C(F)(F)F)on2)s1)C(=O)OC(C)(C)C. The zero-order chi connectivity index (χ0) is 25.8. The highest BCUT2D eigenvalue weighted by molar-refractivity contribution is 7.91. The van der Waals surface area contributed by atoms with Crippen molar-refractivity contribution in [3.8, 4) is 10.6 Å². The van der Waals surface area contributed by atoms with E-state index < -0.39 is 50.9 Å². The zero-order valence-corrected chi connectivity index (χ0v) is 20.8. The Morgan fingerprint density at radius 1 is 1.14 bits per heavy atom. The van der Waals surface area contributed by atoms with Gasteiger partial charge in [-0.25, -0.2) is 13.2 Å². The number of aromatic nitrogens is 1. The fourth-order valence-electron chi connectivity index (χ4n) is 4.05. The smallest absolute Gasteiger partial charge is 0.452 e. The maximum atomic E-state index is 13.4. The number of rotatable bonds is 6. The van der Waals surface area contributed by atoms with Gasteiger partial charge in [-0.2, -0.15) is 17.9 Å². The Morgan fingerprint density at radius 2 is 1.80 bits per heavy atom. The Labute approximate surface area is 204 Å². The molecule has 0 bridgehead atoms. The van der Waals surface area contributed by atoms with Gasteiger partial charge >= 0.3 is 12.1 Å². The van der Waals surface area contributed by atoms with Crippen LogP contribution in [0.15, 0.2) is 57.3 Å². The first kappa shape index (κ1) is 25.4. The van der Waals surface area contributed by atoms with Crippen molar-refractivity contribution in [1.82, 2.24) is 9.88 Å². The van der Waals surface area contributed by atoms with Crippen molar-refractivity contribution in [3.05, 3.63) is 59.9 Å². The number of esters is 1. The van der Waals surface area contributed by atoms with Gasteiger partial charge in [0.1, 0.15) is 21.0 Å². The van der Waals surface area contributed by atoms with Crippen molar-refractivity contribution in [2.75, 3.05) is 0 Å². The number of hydrogen-bond acceptors (Lipinski definition) is 7. The zero-order valence-electron chi connectivity index (χ0n) is 19.2. The van der Waals surface area contributed by atoms with Crippen LogP contribution in [0.4, 0.5) is 13.2 Å². The number of sulfonamides is 1. The number of alkyl halides is 3. The van der Waals surface area contributed by atoms with Crippen molar-refractivity contribution in [3.63, 3.8) is 0 Å². The van der Waals surface area contributed by atoms with Gasteiger partial charge in [0.05, 0.1) is 4.88 Å². The molecule has 1 aromatic carbocycles. The van der Waals surface area contributed by atoms with E-state index >= 15 is 0 Å². The number of halogens is 3. The van der Waals surface area contributed by atoms with Crippen LogP contribution >= 0.6 is 11.3 Å². The second-order valence-corrected chi connectivity index (χ2v) is 12.3. The molecule has 3 aromatic rings. The van der Waals surface area contributed by atoms with Gasteiger partial charge in [0, 0.05) is 12.0 Å².